The Labute approximate surface area is 100 Å². The van der Waals surface area contributed by atoms with E-state index in [1.54, 1.807) is 14.2 Å². The van der Waals surface area contributed by atoms with Crippen molar-refractivity contribution in [3.05, 3.63) is 6.33 Å². The van der Waals surface area contributed by atoms with Crippen LogP contribution in [0.3, 0.4) is 0 Å². The highest BCUT2D eigenvalue weighted by molar-refractivity contribution is 5.54. The maximum Gasteiger partial charge on any atom is 0.262 e. The second-order valence-electron chi connectivity index (χ2n) is 3.85. The van der Waals surface area contributed by atoms with E-state index < -0.39 is 0 Å². The van der Waals surface area contributed by atoms with Gasteiger partial charge in [0.05, 0.1) is 20.3 Å². The number of nitrogens with one attached hydrogen (secondary N) is 1. The van der Waals surface area contributed by atoms with Gasteiger partial charge in [0.1, 0.15) is 6.33 Å². The van der Waals surface area contributed by atoms with Crippen molar-refractivity contribution in [1.82, 2.24) is 9.97 Å². The summed E-state index contributed by atoms with van der Waals surface area (Å²) in [4.78, 5) is 8.14. The van der Waals surface area contributed by atoms with E-state index in [4.69, 9.17) is 14.2 Å². The van der Waals surface area contributed by atoms with Gasteiger partial charge in [0.15, 0.2) is 5.82 Å². The van der Waals surface area contributed by atoms with Gasteiger partial charge in [0.2, 0.25) is 5.75 Å². The topological polar surface area (TPSA) is 65.5 Å². The predicted molar refractivity (Wildman–Crippen MR) is 62.6 cm³/mol. The Morgan fingerprint density at radius 1 is 1.53 bits per heavy atom. The SMILES string of the molecule is CNc1ncnc(OCC2CCOC2)c1OC. The zero-order valence-corrected chi connectivity index (χ0v) is 10.1. The average molecular weight is 239 g/mol. The number of ether oxygens (including phenoxy) is 3. The van der Waals surface area contributed by atoms with Crippen LogP contribution in [0.5, 0.6) is 11.6 Å². The quantitative estimate of drug-likeness (QED) is 0.825. The Hall–Kier alpha value is -1.56. The number of anilines is 1. The van der Waals surface area contributed by atoms with Gasteiger partial charge in [-0.25, -0.2) is 4.98 Å². The Kier molecular flexibility index (Phi) is 3.98. The normalized spacial score (nSPS) is 19.1. The van der Waals surface area contributed by atoms with Gasteiger partial charge in [-0.1, -0.05) is 0 Å². The van der Waals surface area contributed by atoms with Gasteiger partial charge < -0.3 is 19.5 Å². The van der Waals surface area contributed by atoms with E-state index in [9.17, 15) is 0 Å². The zero-order chi connectivity index (χ0) is 12.1. The lowest BCUT2D eigenvalue weighted by Crippen LogP contribution is -2.13. The number of aromatic nitrogens is 2. The van der Waals surface area contributed by atoms with Crippen LogP contribution in [0.1, 0.15) is 6.42 Å². The summed E-state index contributed by atoms with van der Waals surface area (Å²) in [6.07, 6.45) is 2.49. The fourth-order valence-corrected chi connectivity index (χ4v) is 1.73. The van der Waals surface area contributed by atoms with Crippen molar-refractivity contribution in [1.29, 1.82) is 0 Å². The summed E-state index contributed by atoms with van der Waals surface area (Å²) in [6.45, 7) is 2.17. The Balaban J connectivity index is 2.03. The summed E-state index contributed by atoms with van der Waals surface area (Å²) in [6, 6.07) is 0. The molecule has 94 valence electrons. The highest BCUT2D eigenvalue weighted by Crippen LogP contribution is 2.31. The second kappa shape index (κ2) is 5.67. The maximum atomic E-state index is 5.66. The lowest BCUT2D eigenvalue weighted by Gasteiger charge is -2.13. The summed E-state index contributed by atoms with van der Waals surface area (Å²) >= 11 is 0. The van der Waals surface area contributed by atoms with Crippen molar-refractivity contribution < 1.29 is 14.2 Å². The van der Waals surface area contributed by atoms with Crippen molar-refractivity contribution >= 4 is 5.82 Å². The third-order valence-electron chi connectivity index (χ3n) is 2.69. The Morgan fingerprint density at radius 2 is 2.41 bits per heavy atom. The summed E-state index contributed by atoms with van der Waals surface area (Å²) in [5.41, 5.74) is 0. The van der Waals surface area contributed by atoms with Crippen LogP contribution in [0.25, 0.3) is 0 Å². The minimum absolute atomic E-state index is 0.438. The second-order valence-corrected chi connectivity index (χ2v) is 3.85. The molecule has 0 radical (unpaired) electrons. The molecule has 17 heavy (non-hydrogen) atoms. The summed E-state index contributed by atoms with van der Waals surface area (Å²) < 4.78 is 16.2. The molecule has 0 spiro atoms. The molecule has 1 unspecified atom stereocenters. The number of hydrogen-bond donors (Lipinski definition) is 1. The molecule has 0 saturated carbocycles. The summed E-state index contributed by atoms with van der Waals surface area (Å²) in [5.74, 6) is 2.07. The van der Waals surface area contributed by atoms with Crippen LogP contribution >= 0.6 is 0 Å². The first-order valence-corrected chi connectivity index (χ1v) is 5.62. The molecule has 0 aromatic carbocycles. The van der Waals surface area contributed by atoms with Gasteiger partial charge in [-0.05, 0) is 6.42 Å². The molecule has 2 rings (SSSR count). The van der Waals surface area contributed by atoms with E-state index in [1.165, 1.54) is 6.33 Å². The van der Waals surface area contributed by atoms with Gasteiger partial charge >= 0.3 is 0 Å². The molecule has 6 nitrogen and oxygen atoms in total. The van der Waals surface area contributed by atoms with Gasteiger partial charge in [-0.2, -0.15) is 4.98 Å². The molecule has 1 saturated heterocycles. The average Bonchev–Trinajstić information content (AvgIpc) is 2.88. The van der Waals surface area contributed by atoms with Crippen LogP contribution in [0.2, 0.25) is 0 Å². The number of rotatable bonds is 5. The molecular weight excluding hydrogens is 222 g/mol. The third-order valence-corrected chi connectivity index (χ3v) is 2.69. The van der Waals surface area contributed by atoms with Crippen molar-refractivity contribution in [3.63, 3.8) is 0 Å². The van der Waals surface area contributed by atoms with Crippen LogP contribution in [-0.4, -0.2) is 43.9 Å². The van der Waals surface area contributed by atoms with E-state index in [2.05, 4.69) is 15.3 Å². The Bertz CT molecular complexity index is 367. The molecule has 1 atom stereocenters. The molecule has 0 aliphatic carbocycles. The van der Waals surface area contributed by atoms with Gasteiger partial charge in [0.25, 0.3) is 5.88 Å². The number of methoxy groups -OCH3 is 1. The van der Waals surface area contributed by atoms with Crippen LogP contribution in [-0.2, 0) is 4.74 Å². The van der Waals surface area contributed by atoms with E-state index in [0.717, 1.165) is 19.6 Å². The Morgan fingerprint density at radius 3 is 3.06 bits per heavy atom. The van der Waals surface area contributed by atoms with Gasteiger partial charge in [0, 0.05) is 19.6 Å². The maximum absolute atomic E-state index is 5.66. The van der Waals surface area contributed by atoms with Crippen LogP contribution in [0.4, 0.5) is 5.82 Å². The van der Waals surface area contributed by atoms with Gasteiger partial charge in [-0.3, -0.25) is 0 Å². The minimum Gasteiger partial charge on any atom is -0.489 e. The fourth-order valence-electron chi connectivity index (χ4n) is 1.73. The molecule has 1 N–H and O–H groups in total. The first-order chi connectivity index (χ1) is 8.35. The van der Waals surface area contributed by atoms with E-state index in [0.29, 0.717) is 30.0 Å². The molecular formula is C11H17N3O3. The monoisotopic (exact) mass is 239 g/mol. The van der Waals surface area contributed by atoms with E-state index in [1.807, 2.05) is 0 Å². The van der Waals surface area contributed by atoms with E-state index >= 15 is 0 Å². The van der Waals surface area contributed by atoms with Crippen molar-refractivity contribution in [3.8, 4) is 11.6 Å². The van der Waals surface area contributed by atoms with Crippen molar-refractivity contribution in [2.24, 2.45) is 5.92 Å². The minimum atomic E-state index is 0.438. The van der Waals surface area contributed by atoms with Crippen LogP contribution in [0, 0.1) is 5.92 Å². The predicted octanol–water partition coefficient (Wildman–Crippen LogP) is 0.942. The molecule has 6 heteroatoms. The lowest BCUT2D eigenvalue weighted by molar-refractivity contribution is 0.163. The summed E-state index contributed by atoms with van der Waals surface area (Å²) in [7, 11) is 3.35. The zero-order valence-electron chi connectivity index (χ0n) is 10.1. The highest BCUT2D eigenvalue weighted by atomic mass is 16.5. The fraction of sp³-hybridized carbons (Fsp3) is 0.636. The molecule has 0 amide bonds. The first kappa shape index (κ1) is 11.9. The lowest BCUT2D eigenvalue weighted by atomic mass is 10.1. The standard InChI is InChI=1S/C11H17N3O3/c1-12-10-9(15-2)11(14-7-13-10)17-6-8-3-4-16-5-8/h7-8H,3-6H2,1-2H3,(H,12,13,14). The molecule has 1 aliphatic rings. The molecule has 2 heterocycles. The third kappa shape index (κ3) is 2.76. The number of nitrogens with zero attached hydrogens (tertiary/aromatic N) is 2. The molecule has 0 bridgehead atoms. The number of hydrogen-bond acceptors (Lipinski definition) is 6. The van der Waals surface area contributed by atoms with E-state index in [-0.39, 0.29) is 0 Å². The summed E-state index contributed by atoms with van der Waals surface area (Å²) in [5, 5.41) is 2.93. The van der Waals surface area contributed by atoms with Crippen LogP contribution in [0.15, 0.2) is 6.33 Å². The highest BCUT2D eigenvalue weighted by Gasteiger charge is 2.18. The van der Waals surface area contributed by atoms with Crippen molar-refractivity contribution in [2.75, 3.05) is 39.3 Å². The van der Waals surface area contributed by atoms with Gasteiger partial charge in [-0.15, -0.1) is 0 Å². The molecule has 1 aromatic rings. The smallest absolute Gasteiger partial charge is 0.262 e. The largest absolute Gasteiger partial charge is 0.489 e. The first-order valence-electron chi connectivity index (χ1n) is 5.62. The molecule has 1 aromatic heterocycles. The molecule has 1 fully saturated rings. The van der Waals surface area contributed by atoms with Crippen LogP contribution < -0.4 is 14.8 Å². The molecule has 1 aliphatic heterocycles. The van der Waals surface area contributed by atoms with Crippen molar-refractivity contribution in [2.45, 2.75) is 6.42 Å².